The lowest BCUT2D eigenvalue weighted by Gasteiger charge is -2.25. The van der Waals surface area contributed by atoms with E-state index >= 15 is 0 Å². The maximum Gasteiger partial charge on any atom is 0.264 e. The van der Waals surface area contributed by atoms with E-state index in [0.29, 0.717) is 18.0 Å². The van der Waals surface area contributed by atoms with Crippen LogP contribution in [-0.2, 0) is 14.8 Å². The number of fused-ring (bicyclic) bond motifs is 2. The molecule has 1 heterocycles. The molecule has 0 radical (unpaired) electrons. The zero-order valence-corrected chi connectivity index (χ0v) is 19.3. The van der Waals surface area contributed by atoms with Gasteiger partial charge in [0.1, 0.15) is 25.6 Å². The fraction of sp³-hybridized carbons (Fsp3) is 0.115. The zero-order valence-electron chi connectivity index (χ0n) is 18.5. The van der Waals surface area contributed by atoms with Gasteiger partial charge in [-0.2, -0.15) is 0 Å². The van der Waals surface area contributed by atoms with Gasteiger partial charge >= 0.3 is 0 Å². The molecule has 0 aliphatic carbocycles. The number of hydrogen-bond acceptors (Lipinski definition) is 5. The van der Waals surface area contributed by atoms with Crippen LogP contribution < -0.4 is 19.1 Å². The van der Waals surface area contributed by atoms with Gasteiger partial charge in [-0.1, -0.05) is 42.5 Å². The van der Waals surface area contributed by atoms with Crippen molar-refractivity contribution >= 4 is 38.1 Å². The quantitative estimate of drug-likeness (QED) is 0.426. The van der Waals surface area contributed by atoms with Crippen LogP contribution in [0.2, 0.25) is 0 Å². The van der Waals surface area contributed by atoms with Crippen molar-refractivity contribution in [1.82, 2.24) is 0 Å². The molecule has 0 bridgehead atoms. The van der Waals surface area contributed by atoms with E-state index in [9.17, 15) is 17.6 Å². The molecular formula is C26H21FN2O5S. The van der Waals surface area contributed by atoms with Crippen molar-refractivity contribution < 1.29 is 27.1 Å². The van der Waals surface area contributed by atoms with E-state index in [-0.39, 0.29) is 22.9 Å². The lowest BCUT2D eigenvalue weighted by Crippen LogP contribution is -2.38. The van der Waals surface area contributed by atoms with Crippen LogP contribution in [0.1, 0.15) is 0 Å². The van der Waals surface area contributed by atoms with E-state index in [2.05, 4.69) is 5.32 Å². The van der Waals surface area contributed by atoms with E-state index in [0.717, 1.165) is 21.1 Å². The summed E-state index contributed by atoms with van der Waals surface area (Å²) in [7, 11) is -4.26. The third-order valence-electron chi connectivity index (χ3n) is 5.55. The topological polar surface area (TPSA) is 84.9 Å². The van der Waals surface area contributed by atoms with Crippen LogP contribution in [0, 0.1) is 5.82 Å². The Labute approximate surface area is 201 Å². The molecule has 0 fully saturated rings. The molecule has 9 heteroatoms. The predicted molar refractivity (Wildman–Crippen MR) is 131 cm³/mol. The highest BCUT2D eigenvalue weighted by molar-refractivity contribution is 7.92. The third-order valence-corrected chi connectivity index (χ3v) is 7.32. The second kappa shape index (κ2) is 9.27. The van der Waals surface area contributed by atoms with Crippen molar-refractivity contribution in [2.45, 2.75) is 4.90 Å². The number of benzene rings is 4. The molecule has 0 aromatic heterocycles. The number of amides is 1. The first-order valence-electron chi connectivity index (χ1n) is 10.9. The molecule has 0 saturated carbocycles. The fourth-order valence-electron chi connectivity index (χ4n) is 3.91. The fourth-order valence-corrected chi connectivity index (χ4v) is 5.34. The van der Waals surface area contributed by atoms with Gasteiger partial charge in [0.2, 0.25) is 5.91 Å². The highest BCUT2D eigenvalue weighted by atomic mass is 32.2. The van der Waals surface area contributed by atoms with Crippen molar-refractivity contribution in [2.75, 3.05) is 29.4 Å². The van der Waals surface area contributed by atoms with E-state index < -0.39 is 28.3 Å². The van der Waals surface area contributed by atoms with Crippen LogP contribution in [0.5, 0.6) is 11.5 Å². The first kappa shape index (κ1) is 22.7. The summed E-state index contributed by atoms with van der Waals surface area (Å²) in [5.74, 6) is -0.482. The summed E-state index contributed by atoms with van der Waals surface area (Å²) in [4.78, 5) is 13.0. The maximum absolute atomic E-state index is 14.0. The Morgan fingerprint density at radius 1 is 0.886 bits per heavy atom. The van der Waals surface area contributed by atoms with Gasteiger partial charge in [-0.15, -0.1) is 0 Å². The Bertz CT molecular complexity index is 1520. The number of sulfonamides is 1. The molecule has 1 N–H and O–H groups in total. The molecule has 1 aliphatic rings. The molecule has 4 aromatic carbocycles. The molecule has 1 amide bonds. The van der Waals surface area contributed by atoms with Gasteiger partial charge in [-0.3, -0.25) is 9.10 Å². The molecule has 178 valence electrons. The Hall–Kier alpha value is -4.11. The standard InChI is InChI=1S/C26H21FN2O5S/c27-19-7-4-8-20(15-19)29(35(31,32)21-11-12-24-25(16-21)34-14-13-33-24)17-26(30)28-23-10-3-6-18-5-1-2-9-22(18)23/h1-12,15-16H,13-14,17H2,(H,28,30). The van der Waals surface area contributed by atoms with Crippen LogP contribution in [0.25, 0.3) is 10.8 Å². The number of anilines is 2. The molecular weight excluding hydrogens is 471 g/mol. The van der Waals surface area contributed by atoms with Gasteiger partial charge in [0.05, 0.1) is 10.6 Å². The highest BCUT2D eigenvalue weighted by Gasteiger charge is 2.29. The number of hydrogen-bond donors (Lipinski definition) is 1. The smallest absolute Gasteiger partial charge is 0.264 e. The van der Waals surface area contributed by atoms with Crippen molar-refractivity contribution in [1.29, 1.82) is 0 Å². The first-order valence-corrected chi connectivity index (χ1v) is 12.3. The van der Waals surface area contributed by atoms with Crippen molar-refractivity contribution in [3.05, 3.63) is 90.7 Å². The van der Waals surface area contributed by atoms with Crippen LogP contribution in [0.3, 0.4) is 0 Å². The van der Waals surface area contributed by atoms with Gasteiger partial charge < -0.3 is 14.8 Å². The number of halogens is 1. The number of carbonyl (C=O) groups excluding carboxylic acids is 1. The number of rotatable bonds is 6. The summed E-state index contributed by atoms with van der Waals surface area (Å²) < 4.78 is 53.2. The summed E-state index contributed by atoms with van der Waals surface area (Å²) in [5.41, 5.74) is 0.567. The van der Waals surface area contributed by atoms with E-state index in [1.165, 1.54) is 36.4 Å². The van der Waals surface area contributed by atoms with Crippen LogP contribution in [0.15, 0.2) is 89.8 Å². The van der Waals surface area contributed by atoms with Gasteiger partial charge in [-0.05, 0) is 41.8 Å². The van der Waals surface area contributed by atoms with Crippen molar-refractivity contribution in [2.24, 2.45) is 0 Å². The summed E-state index contributed by atoms with van der Waals surface area (Å²) in [6, 6.07) is 22.3. The average molecular weight is 493 g/mol. The number of nitrogens with zero attached hydrogens (tertiary/aromatic N) is 1. The molecule has 0 spiro atoms. The normalized spacial score (nSPS) is 12.8. The minimum atomic E-state index is -4.26. The van der Waals surface area contributed by atoms with Crippen LogP contribution in [-0.4, -0.2) is 34.1 Å². The maximum atomic E-state index is 14.0. The van der Waals surface area contributed by atoms with E-state index in [1.54, 1.807) is 12.1 Å². The lowest BCUT2D eigenvalue weighted by molar-refractivity contribution is -0.114. The summed E-state index contributed by atoms with van der Waals surface area (Å²) >= 11 is 0. The largest absolute Gasteiger partial charge is 0.486 e. The Kier molecular flexibility index (Phi) is 6.00. The van der Waals surface area contributed by atoms with E-state index in [4.69, 9.17) is 9.47 Å². The molecule has 1 aliphatic heterocycles. The zero-order chi connectivity index (χ0) is 24.4. The third kappa shape index (κ3) is 4.63. The number of carbonyl (C=O) groups is 1. The SMILES string of the molecule is O=C(CN(c1cccc(F)c1)S(=O)(=O)c1ccc2c(c1)OCCO2)Nc1cccc2ccccc12. The van der Waals surface area contributed by atoms with Gasteiger partial charge in [-0.25, -0.2) is 12.8 Å². The second-order valence-corrected chi connectivity index (χ2v) is 9.73. The molecule has 0 unspecified atom stereocenters. The van der Waals surface area contributed by atoms with Gasteiger partial charge in [0.25, 0.3) is 10.0 Å². The molecule has 0 saturated heterocycles. The summed E-state index contributed by atoms with van der Waals surface area (Å²) in [6.45, 7) is 0.0872. The minimum absolute atomic E-state index is 0.0213. The molecule has 4 aromatic rings. The van der Waals surface area contributed by atoms with Crippen molar-refractivity contribution in [3.63, 3.8) is 0 Å². The number of ether oxygens (including phenoxy) is 2. The summed E-state index contributed by atoms with van der Waals surface area (Å²) in [6.07, 6.45) is 0. The first-order chi connectivity index (χ1) is 16.9. The van der Waals surface area contributed by atoms with Crippen molar-refractivity contribution in [3.8, 4) is 11.5 Å². The molecule has 5 rings (SSSR count). The second-order valence-electron chi connectivity index (χ2n) is 7.87. The highest BCUT2D eigenvalue weighted by Crippen LogP contribution is 2.34. The monoisotopic (exact) mass is 492 g/mol. The lowest BCUT2D eigenvalue weighted by atomic mass is 10.1. The summed E-state index contributed by atoms with van der Waals surface area (Å²) in [5, 5.41) is 4.53. The molecule has 35 heavy (non-hydrogen) atoms. The molecule has 7 nitrogen and oxygen atoms in total. The minimum Gasteiger partial charge on any atom is -0.486 e. The van der Waals surface area contributed by atoms with Crippen LogP contribution in [0.4, 0.5) is 15.8 Å². The Balaban J connectivity index is 1.49. The number of nitrogens with one attached hydrogen (secondary N) is 1. The van der Waals surface area contributed by atoms with E-state index in [1.807, 2.05) is 30.3 Å². The van der Waals surface area contributed by atoms with Gasteiger partial charge in [0, 0.05) is 17.1 Å². The van der Waals surface area contributed by atoms with Crippen LogP contribution >= 0.6 is 0 Å². The molecule has 0 atom stereocenters. The van der Waals surface area contributed by atoms with Gasteiger partial charge in [0.15, 0.2) is 11.5 Å². The average Bonchev–Trinajstić information content (AvgIpc) is 2.87. The predicted octanol–water partition coefficient (Wildman–Crippen LogP) is 4.58. The Morgan fingerprint density at radius 2 is 1.63 bits per heavy atom. The Morgan fingerprint density at radius 3 is 2.46 bits per heavy atom.